The second-order valence-electron chi connectivity index (χ2n) is 2.03. The SMILES string of the molecule is CCC1OC1C(=O)OC. The van der Waals surface area contributed by atoms with Crippen molar-refractivity contribution < 1.29 is 14.3 Å². The van der Waals surface area contributed by atoms with Crippen LogP contribution >= 0.6 is 0 Å². The lowest BCUT2D eigenvalue weighted by molar-refractivity contribution is -0.142. The monoisotopic (exact) mass is 130 g/mol. The van der Waals surface area contributed by atoms with E-state index in [2.05, 4.69) is 4.74 Å². The van der Waals surface area contributed by atoms with E-state index in [0.717, 1.165) is 6.42 Å². The van der Waals surface area contributed by atoms with Gasteiger partial charge in [-0.2, -0.15) is 0 Å². The van der Waals surface area contributed by atoms with Crippen LogP contribution in [0.1, 0.15) is 13.3 Å². The average molecular weight is 130 g/mol. The number of rotatable bonds is 2. The molecule has 2 atom stereocenters. The highest BCUT2D eigenvalue weighted by molar-refractivity contribution is 5.77. The zero-order valence-electron chi connectivity index (χ0n) is 5.59. The smallest absolute Gasteiger partial charge is 0.337 e. The van der Waals surface area contributed by atoms with Gasteiger partial charge >= 0.3 is 5.97 Å². The lowest BCUT2D eigenvalue weighted by Gasteiger charge is -1.89. The lowest BCUT2D eigenvalue weighted by Crippen LogP contribution is -2.10. The van der Waals surface area contributed by atoms with Crippen molar-refractivity contribution in [2.45, 2.75) is 25.6 Å². The van der Waals surface area contributed by atoms with Crippen molar-refractivity contribution in [3.05, 3.63) is 0 Å². The second-order valence-corrected chi connectivity index (χ2v) is 2.03. The van der Waals surface area contributed by atoms with Gasteiger partial charge in [0.1, 0.15) is 0 Å². The summed E-state index contributed by atoms with van der Waals surface area (Å²) in [4.78, 5) is 10.6. The summed E-state index contributed by atoms with van der Waals surface area (Å²) in [7, 11) is 1.37. The van der Waals surface area contributed by atoms with E-state index in [1.54, 1.807) is 0 Å². The molecule has 0 radical (unpaired) electrons. The number of carbonyl (C=O) groups is 1. The predicted octanol–water partition coefficient (Wildman–Crippen LogP) is 0.337. The van der Waals surface area contributed by atoms with E-state index in [-0.39, 0.29) is 18.2 Å². The zero-order valence-corrected chi connectivity index (χ0v) is 5.59. The molecule has 0 aromatic heterocycles. The molecule has 1 rings (SSSR count). The summed E-state index contributed by atoms with van der Waals surface area (Å²) in [6.07, 6.45) is 0.747. The molecule has 0 N–H and O–H groups in total. The van der Waals surface area contributed by atoms with Crippen LogP contribution in [-0.2, 0) is 14.3 Å². The minimum atomic E-state index is -0.264. The molecule has 0 aromatic carbocycles. The molecule has 1 saturated heterocycles. The van der Waals surface area contributed by atoms with Gasteiger partial charge in [-0.25, -0.2) is 4.79 Å². The third kappa shape index (κ3) is 1.21. The minimum absolute atomic E-state index is 0.123. The van der Waals surface area contributed by atoms with Gasteiger partial charge in [0, 0.05) is 0 Å². The number of hydrogen-bond donors (Lipinski definition) is 0. The van der Waals surface area contributed by atoms with Crippen LogP contribution < -0.4 is 0 Å². The van der Waals surface area contributed by atoms with Gasteiger partial charge in [0.2, 0.25) is 0 Å². The third-order valence-electron chi connectivity index (χ3n) is 1.42. The fourth-order valence-electron chi connectivity index (χ4n) is 0.777. The summed E-state index contributed by atoms with van der Waals surface area (Å²) in [6, 6.07) is 0. The first kappa shape index (κ1) is 6.55. The van der Waals surface area contributed by atoms with Gasteiger partial charge in [0.25, 0.3) is 0 Å². The van der Waals surface area contributed by atoms with Gasteiger partial charge in [-0.3, -0.25) is 0 Å². The molecule has 3 nitrogen and oxygen atoms in total. The van der Waals surface area contributed by atoms with Crippen LogP contribution in [0.15, 0.2) is 0 Å². The topological polar surface area (TPSA) is 38.8 Å². The highest BCUT2D eigenvalue weighted by atomic mass is 16.6. The lowest BCUT2D eigenvalue weighted by atomic mass is 10.3. The summed E-state index contributed by atoms with van der Waals surface area (Å²) < 4.78 is 9.39. The van der Waals surface area contributed by atoms with E-state index in [1.807, 2.05) is 6.92 Å². The molecule has 0 amide bonds. The second kappa shape index (κ2) is 2.35. The van der Waals surface area contributed by atoms with E-state index >= 15 is 0 Å². The molecular formula is C6H10O3. The van der Waals surface area contributed by atoms with Crippen LogP contribution in [0.25, 0.3) is 0 Å². The first-order valence-corrected chi connectivity index (χ1v) is 3.03. The maximum atomic E-state index is 10.6. The highest BCUT2D eigenvalue weighted by Crippen LogP contribution is 2.25. The minimum Gasteiger partial charge on any atom is -0.467 e. The Morgan fingerprint density at radius 1 is 1.78 bits per heavy atom. The molecule has 1 aliphatic rings. The molecule has 0 aliphatic carbocycles. The Balaban J connectivity index is 2.25. The molecular weight excluding hydrogens is 120 g/mol. The number of carbonyl (C=O) groups excluding carboxylic acids is 1. The van der Waals surface area contributed by atoms with E-state index in [9.17, 15) is 4.79 Å². The highest BCUT2D eigenvalue weighted by Gasteiger charge is 2.44. The number of esters is 1. The van der Waals surface area contributed by atoms with Gasteiger partial charge in [-0.15, -0.1) is 0 Å². The Morgan fingerprint density at radius 2 is 2.44 bits per heavy atom. The van der Waals surface area contributed by atoms with Crippen molar-refractivity contribution in [2.24, 2.45) is 0 Å². The molecule has 1 fully saturated rings. The quantitative estimate of drug-likeness (QED) is 0.399. The molecule has 52 valence electrons. The summed E-state index contributed by atoms with van der Waals surface area (Å²) in [6.45, 7) is 1.98. The molecule has 0 saturated carbocycles. The van der Waals surface area contributed by atoms with Crippen molar-refractivity contribution in [3.8, 4) is 0 Å². The van der Waals surface area contributed by atoms with E-state index in [4.69, 9.17) is 4.74 Å². The Kier molecular flexibility index (Phi) is 1.71. The molecule has 2 unspecified atom stereocenters. The van der Waals surface area contributed by atoms with Crippen molar-refractivity contribution in [1.82, 2.24) is 0 Å². The largest absolute Gasteiger partial charge is 0.467 e. The molecule has 1 heterocycles. The molecule has 0 aromatic rings. The third-order valence-corrected chi connectivity index (χ3v) is 1.42. The summed E-state index contributed by atoms with van der Waals surface area (Å²) in [5.41, 5.74) is 0. The zero-order chi connectivity index (χ0) is 6.85. The van der Waals surface area contributed by atoms with Crippen LogP contribution in [0, 0.1) is 0 Å². The normalized spacial score (nSPS) is 31.8. The van der Waals surface area contributed by atoms with Crippen molar-refractivity contribution in [2.75, 3.05) is 7.11 Å². The fraction of sp³-hybridized carbons (Fsp3) is 0.833. The van der Waals surface area contributed by atoms with Gasteiger partial charge in [-0.1, -0.05) is 6.92 Å². The van der Waals surface area contributed by atoms with Crippen LogP contribution in [0.3, 0.4) is 0 Å². The number of methoxy groups -OCH3 is 1. The summed E-state index contributed by atoms with van der Waals surface area (Å²) >= 11 is 0. The van der Waals surface area contributed by atoms with Gasteiger partial charge < -0.3 is 9.47 Å². The van der Waals surface area contributed by atoms with Crippen molar-refractivity contribution in [1.29, 1.82) is 0 Å². The van der Waals surface area contributed by atoms with Gasteiger partial charge in [0.15, 0.2) is 6.10 Å². The summed E-state index contributed by atoms with van der Waals surface area (Å²) in [5, 5.41) is 0. The summed E-state index contributed by atoms with van der Waals surface area (Å²) in [5.74, 6) is -0.248. The molecule has 3 heteroatoms. The van der Waals surface area contributed by atoms with E-state index in [0.29, 0.717) is 0 Å². The fourth-order valence-corrected chi connectivity index (χ4v) is 0.777. The van der Waals surface area contributed by atoms with Crippen LogP contribution in [0.5, 0.6) is 0 Å². The van der Waals surface area contributed by atoms with Gasteiger partial charge in [-0.05, 0) is 6.42 Å². The van der Waals surface area contributed by atoms with Crippen LogP contribution in [-0.4, -0.2) is 25.3 Å². The molecule has 1 aliphatic heterocycles. The molecule has 0 spiro atoms. The Morgan fingerprint density at radius 3 is 2.78 bits per heavy atom. The predicted molar refractivity (Wildman–Crippen MR) is 31.0 cm³/mol. The van der Waals surface area contributed by atoms with Crippen LogP contribution in [0.4, 0.5) is 0 Å². The molecule has 0 bridgehead atoms. The Hall–Kier alpha value is -0.570. The standard InChI is InChI=1S/C6H10O3/c1-3-4-5(9-4)6(7)8-2/h4-5H,3H2,1-2H3. The molecule has 9 heavy (non-hydrogen) atoms. The Bertz CT molecular complexity index is 121. The van der Waals surface area contributed by atoms with Crippen molar-refractivity contribution in [3.63, 3.8) is 0 Å². The first-order valence-electron chi connectivity index (χ1n) is 3.03. The van der Waals surface area contributed by atoms with E-state index < -0.39 is 0 Å². The Labute approximate surface area is 53.9 Å². The average Bonchev–Trinajstić information content (AvgIpc) is 2.64. The van der Waals surface area contributed by atoms with E-state index in [1.165, 1.54) is 7.11 Å². The number of hydrogen-bond acceptors (Lipinski definition) is 3. The number of epoxide rings is 1. The van der Waals surface area contributed by atoms with Crippen LogP contribution in [0.2, 0.25) is 0 Å². The van der Waals surface area contributed by atoms with Gasteiger partial charge in [0.05, 0.1) is 13.2 Å². The maximum absolute atomic E-state index is 10.6. The number of ether oxygens (including phenoxy) is 2. The first-order chi connectivity index (χ1) is 4.29. The van der Waals surface area contributed by atoms with Crippen molar-refractivity contribution >= 4 is 5.97 Å². The maximum Gasteiger partial charge on any atom is 0.337 e.